The summed E-state index contributed by atoms with van der Waals surface area (Å²) < 4.78 is 7.44. The Morgan fingerprint density at radius 3 is 2.88 bits per heavy atom. The molecule has 0 atom stereocenters. The molecular weight excluding hydrogens is 385 g/mol. The highest BCUT2D eigenvalue weighted by Crippen LogP contribution is 2.22. The lowest BCUT2D eigenvalue weighted by molar-refractivity contribution is -0.123. The Kier molecular flexibility index (Phi) is 4.07. The van der Waals surface area contributed by atoms with Gasteiger partial charge in [0.15, 0.2) is 6.61 Å². The number of rotatable bonds is 4. The molecule has 1 fully saturated rings. The molecule has 86 valence electrons. The highest BCUT2D eigenvalue weighted by molar-refractivity contribution is 14.1. The largest absolute Gasteiger partial charge is 0.484 e. The van der Waals surface area contributed by atoms with Crippen molar-refractivity contribution >= 4 is 44.4 Å². The minimum absolute atomic E-state index is 0.0440. The molecule has 1 N–H and O–H groups in total. The van der Waals surface area contributed by atoms with Gasteiger partial charge in [0.25, 0.3) is 5.91 Å². The first-order valence-corrected chi connectivity index (χ1v) is 6.89. The summed E-state index contributed by atoms with van der Waals surface area (Å²) in [7, 11) is 0. The Morgan fingerprint density at radius 1 is 1.50 bits per heavy atom. The Morgan fingerprint density at radius 2 is 2.25 bits per heavy atom. The van der Waals surface area contributed by atoms with Crippen molar-refractivity contribution in [2.24, 2.45) is 0 Å². The summed E-state index contributed by atoms with van der Waals surface area (Å²) in [5.74, 6) is 0.669. The molecule has 1 saturated carbocycles. The van der Waals surface area contributed by atoms with Gasteiger partial charge in [-0.3, -0.25) is 4.79 Å². The molecule has 1 aliphatic rings. The number of halogens is 2. The summed E-state index contributed by atoms with van der Waals surface area (Å²) in [6.07, 6.45) is 2.20. The van der Waals surface area contributed by atoms with Gasteiger partial charge in [-0.25, -0.2) is 0 Å². The van der Waals surface area contributed by atoms with Crippen LogP contribution in [0.4, 0.5) is 0 Å². The van der Waals surface area contributed by atoms with E-state index in [4.69, 9.17) is 4.74 Å². The van der Waals surface area contributed by atoms with Crippen molar-refractivity contribution in [3.05, 3.63) is 26.2 Å². The number of nitrogens with one attached hydrogen (secondary N) is 1. The van der Waals surface area contributed by atoms with Gasteiger partial charge in [0.2, 0.25) is 0 Å². The normalized spacial score (nSPS) is 14.6. The summed E-state index contributed by atoms with van der Waals surface area (Å²) >= 11 is 5.59. The number of ether oxygens (including phenoxy) is 1. The molecule has 0 bridgehead atoms. The molecule has 0 unspecified atom stereocenters. The van der Waals surface area contributed by atoms with Crippen LogP contribution in [-0.4, -0.2) is 18.6 Å². The highest BCUT2D eigenvalue weighted by Gasteiger charge is 2.23. The van der Waals surface area contributed by atoms with Gasteiger partial charge < -0.3 is 10.1 Å². The number of benzene rings is 1. The molecule has 0 aromatic heterocycles. The maximum Gasteiger partial charge on any atom is 0.258 e. The van der Waals surface area contributed by atoms with Crippen LogP contribution >= 0.6 is 38.5 Å². The van der Waals surface area contributed by atoms with Crippen LogP contribution in [0, 0.1) is 3.57 Å². The van der Waals surface area contributed by atoms with Crippen LogP contribution in [0.2, 0.25) is 0 Å². The monoisotopic (exact) mass is 395 g/mol. The van der Waals surface area contributed by atoms with Gasteiger partial charge in [0.1, 0.15) is 5.75 Å². The van der Waals surface area contributed by atoms with Crippen LogP contribution in [0.25, 0.3) is 0 Å². The van der Waals surface area contributed by atoms with E-state index in [1.54, 1.807) is 0 Å². The van der Waals surface area contributed by atoms with E-state index in [1.807, 2.05) is 18.2 Å². The second kappa shape index (κ2) is 5.35. The molecule has 0 radical (unpaired) electrons. The number of amides is 1. The summed E-state index contributed by atoms with van der Waals surface area (Å²) in [6.45, 7) is 0.0863. The summed E-state index contributed by atoms with van der Waals surface area (Å²) in [6, 6.07) is 6.12. The summed E-state index contributed by atoms with van der Waals surface area (Å²) in [4.78, 5) is 11.4. The van der Waals surface area contributed by atoms with Gasteiger partial charge in [-0.1, -0.05) is 15.9 Å². The fraction of sp³-hybridized carbons (Fsp3) is 0.364. The first kappa shape index (κ1) is 12.2. The second-order valence-corrected chi connectivity index (χ2v) is 5.90. The molecule has 2 rings (SSSR count). The highest BCUT2D eigenvalue weighted by atomic mass is 127. The van der Waals surface area contributed by atoms with Crippen molar-refractivity contribution in [1.29, 1.82) is 0 Å². The molecule has 0 spiro atoms. The zero-order valence-corrected chi connectivity index (χ0v) is 12.2. The lowest BCUT2D eigenvalue weighted by Gasteiger charge is -2.07. The van der Waals surface area contributed by atoms with Crippen molar-refractivity contribution in [2.75, 3.05) is 6.61 Å². The number of hydrogen-bond donors (Lipinski definition) is 1. The average Bonchev–Trinajstić information content (AvgIpc) is 2.97. The third kappa shape index (κ3) is 3.93. The number of carbonyl (C=O) groups is 1. The van der Waals surface area contributed by atoms with Crippen molar-refractivity contribution in [3.8, 4) is 5.75 Å². The molecule has 1 aromatic rings. The molecule has 1 aliphatic carbocycles. The van der Waals surface area contributed by atoms with Crippen molar-refractivity contribution in [1.82, 2.24) is 5.32 Å². The zero-order valence-electron chi connectivity index (χ0n) is 8.50. The number of carbonyl (C=O) groups excluding carboxylic acids is 1. The van der Waals surface area contributed by atoms with Gasteiger partial charge in [0.05, 0.1) is 0 Å². The quantitative estimate of drug-likeness (QED) is 0.796. The van der Waals surface area contributed by atoms with E-state index in [-0.39, 0.29) is 12.5 Å². The van der Waals surface area contributed by atoms with E-state index in [9.17, 15) is 4.79 Å². The Balaban J connectivity index is 1.85. The standard InChI is InChI=1S/C11H11BrINO2/c12-7-3-8(13)5-10(4-7)16-6-11(15)14-9-1-2-9/h3-5,9H,1-2,6H2,(H,14,15). The van der Waals surface area contributed by atoms with E-state index in [0.717, 1.165) is 20.9 Å². The lowest BCUT2D eigenvalue weighted by Crippen LogP contribution is -2.30. The molecule has 1 amide bonds. The van der Waals surface area contributed by atoms with Crippen LogP contribution in [0.1, 0.15) is 12.8 Å². The van der Waals surface area contributed by atoms with Crippen molar-refractivity contribution < 1.29 is 9.53 Å². The van der Waals surface area contributed by atoms with Gasteiger partial charge in [0, 0.05) is 14.1 Å². The van der Waals surface area contributed by atoms with Crippen LogP contribution in [-0.2, 0) is 4.79 Å². The van der Waals surface area contributed by atoms with E-state index in [1.165, 1.54) is 0 Å². The maximum absolute atomic E-state index is 11.4. The number of hydrogen-bond acceptors (Lipinski definition) is 2. The van der Waals surface area contributed by atoms with Crippen molar-refractivity contribution in [3.63, 3.8) is 0 Å². The van der Waals surface area contributed by atoms with E-state index in [2.05, 4.69) is 43.8 Å². The Hall–Kier alpha value is -0.300. The van der Waals surface area contributed by atoms with Crippen molar-refractivity contribution in [2.45, 2.75) is 18.9 Å². The van der Waals surface area contributed by atoms with Crippen LogP contribution in [0.15, 0.2) is 22.7 Å². The molecule has 16 heavy (non-hydrogen) atoms. The zero-order chi connectivity index (χ0) is 11.5. The van der Waals surface area contributed by atoms with Crippen LogP contribution < -0.4 is 10.1 Å². The van der Waals surface area contributed by atoms with E-state index >= 15 is 0 Å². The predicted molar refractivity (Wildman–Crippen MR) is 73.5 cm³/mol. The fourth-order valence-electron chi connectivity index (χ4n) is 1.26. The predicted octanol–water partition coefficient (Wildman–Crippen LogP) is 2.71. The molecule has 0 aliphatic heterocycles. The topological polar surface area (TPSA) is 38.3 Å². The molecular formula is C11H11BrINO2. The Bertz CT molecular complexity index is 387. The molecule has 0 heterocycles. The maximum atomic E-state index is 11.4. The molecule has 0 saturated heterocycles. The Labute approximate surface area is 116 Å². The minimum atomic E-state index is -0.0440. The third-order valence-corrected chi connectivity index (χ3v) is 3.23. The van der Waals surface area contributed by atoms with Gasteiger partial charge in [-0.2, -0.15) is 0 Å². The first-order chi connectivity index (χ1) is 7.63. The molecule has 3 nitrogen and oxygen atoms in total. The fourth-order valence-corrected chi connectivity index (χ4v) is 2.80. The van der Waals surface area contributed by atoms with Crippen LogP contribution in [0.5, 0.6) is 5.75 Å². The SMILES string of the molecule is O=C(COc1cc(Br)cc(I)c1)NC1CC1. The second-order valence-electron chi connectivity index (χ2n) is 3.74. The first-order valence-electron chi connectivity index (χ1n) is 5.02. The van der Waals surface area contributed by atoms with Gasteiger partial charge in [-0.05, 0) is 53.6 Å². The van der Waals surface area contributed by atoms with Crippen LogP contribution in [0.3, 0.4) is 0 Å². The minimum Gasteiger partial charge on any atom is -0.484 e. The van der Waals surface area contributed by atoms with Gasteiger partial charge >= 0.3 is 0 Å². The van der Waals surface area contributed by atoms with E-state index in [0.29, 0.717) is 11.8 Å². The summed E-state index contributed by atoms with van der Waals surface area (Å²) in [5, 5.41) is 2.88. The molecule has 5 heteroatoms. The summed E-state index contributed by atoms with van der Waals surface area (Å²) in [5.41, 5.74) is 0. The third-order valence-electron chi connectivity index (χ3n) is 2.15. The lowest BCUT2D eigenvalue weighted by atomic mass is 10.3. The average molecular weight is 396 g/mol. The smallest absolute Gasteiger partial charge is 0.258 e. The van der Waals surface area contributed by atoms with E-state index < -0.39 is 0 Å². The van der Waals surface area contributed by atoms with Gasteiger partial charge in [-0.15, -0.1) is 0 Å². The molecule has 1 aromatic carbocycles.